The van der Waals surface area contributed by atoms with E-state index in [2.05, 4.69) is 17.2 Å². The maximum Gasteiger partial charge on any atom is 0.160 e. The van der Waals surface area contributed by atoms with E-state index in [0.29, 0.717) is 5.69 Å². The number of halogens is 2. The van der Waals surface area contributed by atoms with Gasteiger partial charge in [-0.25, -0.2) is 13.8 Å². The molecule has 1 unspecified atom stereocenters. The van der Waals surface area contributed by atoms with E-state index in [1.807, 2.05) is 4.57 Å². The molecule has 0 spiro atoms. The fourth-order valence-electron chi connectivity index (χ4n) is 2.62. The maximum atomic E-state index is 13.4. The molecule has 0 radical (unpaired) electrons. The van der Waals surface area contributed by atoms with Crippen molar-refractivity contribution in [3.8, 4) is 5.69 Å². The van der Waals surface area contributed by atoms with E-state index in [1.165, 1.54) is 6.07 Å². The van der Waals surface area contributed by atoms with Crippen molar-refractivity contribution in [3.63, 3.8) is 0 Å². The lowest BCUT2D eigenvalue weighted by Gasteiger charge is -2.24. The maximum absolute atomic E-state index is 13.4. The first-order chi connectivity index (χ1) is 9.10. The topological polar surface area (TPSA) is 29.9 Å². The highest BCUT2D eigenvalue weighted by Gasteiger charge is 2.33. The highest BCUT2D eigenvalue weighted by Crippen LogP contribution is 2.31. The van der Waals surface area contributed by atoms with Crippen LogP contribution >= 0.6 is 0 Å². The zero-order valence-electron chi connectivity index (χ0n) is 10.7. The van der Waals surface area contributed by atoms with Crippen LogP contribution in [0.25, 0.3) is 5.69 Å². The number of imidazole rings is 1. The molecule has 3 rings (SSSR count). The van der Waals surface area contributed by atoms with Gasteiger partial charge in [-0.2, -0.15) is 0 Å². The summed E-state index contributed by atoms with van der Waals surface area (Å²) in [6.07, 6.45) is 4.45. The zero-order chi connectivity index (χ0) is 13.5. The van der Waals surface area contributed by atoms with Crippen LogP contribution in [0.1, 0.15) is 19.0 Å². The summed E-state index contributed by atoms with van der Waals surface area (Å²) in [6, 6.07) is 3.91. The third-order valence-electron chi connectivity index (χ3n) is 3.81. The van der Waals surface area contributed by atoms with Gasteiger partial charge in [-0.3, -0.25) is 0 Å². The van der Waals surface area contributed by atoms with Gasteiger partial charge in [0.2, 0.25) is 0 Å². The van der Waals surface area contributed by atoms with Gasteiger partial charge in [-0.15, -0.1) is 0 Å². The molecule has 1 aromatic carbocycles. The standard InChI is InChI=1S/C14H15F2N3/c1-14(4-5-17-8-14)13-7-18-9-19(13)10-2-3-11(15)12(16)6-10/h2-3,6-7,9,17H,4-5,8H2,1H3. The molecular weight excluding hydrogens is 248 g/mol. The molecule has 1 aromatic heterocycles. The lowest BCUT2D eigenvalue weighted by molar-refractivity contribution is 0.494. The molecule has 100 valence electrons. The van der Waals surface area contributed by atoms with Crippen molar-refractivity contribution in [1.29, 1.82) is 0 Å². The summed E-state index contributed by atoms with van der Waals surface area (Å²) in [7, 11) is 0. The minimum Gasteiger partial charge on any atom is -0.316 e. The monoisotopic (exact) mass is 263 g/mol. The van der Waals surface area contributed by atoms with E-state index < -0.39 is 11.6 Å². The van der Waals surface area contributed by atoms with Crippen LogP contribution in [-0.2, 0) is 5.41 Å². The number of hydrogen-bond donors (Lipinski definition) is 1. The molecule has 1 atom stereocenters. The summed E-state index contributed by atoms with van der Waals surface area (Å²) in [5.74, 6) is -1.67. The molecule has 0 aliphatic carbocycles. The molecule has 1 saturated heterocycles. The molecular formula is C14H15F2N3. The van der Waals surface area contributed by atoms with Crippen molar-refractivity contribution >= 4 is 0 Å². The first kappa shape index (κ1) is 12.3. The number of hydrogen-bond acceptors (Lipinski definition) is 2. The Morgan fingerprint density at radius 2 is 2.16 bits per heavy atom. The predicted molar refractivity (Wildman–Crippen MR) is 68.3 cm³/mol. The van der Waals surface area contributed by atoms with Crippen molar-refractivity contribution in [2.75, 3.05) is 13.1 Å². The van der Waals surface area contributed by atoms with Crippen LogP contribution in [0.3, 0.4) is 0 Å². The molecule has 0 amide bonds. The van der Waals surface area contributed by atoms with Gasteiger partial charge in [0.1, 0.15) is 0 Å². The van der Waals surface area contributed by atoms with E-state index in [4.69, 9.17) is 0 Å². The van der Waals surface area contributed by atoms with Gasteiger partial charge in [0.15, 0.2) is 11.6 Å². The van der Waals surface area contributed by atoms with E-state index in [1.54, 1.807) is 18.6 Å². The van der Waals surface area contributed by atoms with Crippen molar-refractivity contribution in [2.45, 2.75) is 18.8 Å². The molecule has 19 heavy (non-hydrogen) atoms. The average molecular weight is 263 g/mol. The molecule has 5 heteroatoms. The van der Waals surface area contributed by atoms with Crippen LogP contribution in [0.15, 0.2) is 30.7 Å². The minimum absolute atomic E-state index is 0.0264. The second-order valence-electron chi connectivity index (χ2n) is 5.23. The van der Waals surface area contributed by atoms with E-state index >= 15 is 0 Å². The molecule has 1 fully saturated rings. The second-order valence-corrected chi connectivity index (χ2v) is 5.23. The first-order valence-corrected chi connectivity index (χ1v) is 6.29. The Balaban J connectivity index is 2.06. The number of nitrogens with zero attached hydrogens (tertiary/aromatic N) is 2. The highest BCUT2D eigenvalue weighted by atomic mass is 19.2. The molecule has 2 aromatic rings. The molecule has 1 aliphatic rings. The summed E-state index contributed by atoms with van der Waals surface area (Å²) in [4.78, 5) is 4.16. The first-order valence-electron chi connectivity index (χ1n) is 6.29. The van der Waals surface area contributed by atoms with Crippen LogP contribution < -0.4 is 5.32 Å². The fraction of sp³-hybridized carbons (Fsp3) is 0.357. The van der Waals surface area contributed by atoms with Crippen LogP contribution in [0.5, 0.6) is 0 Å². The van der Waals surface area contributed by atoms with Gasteiger partial charge in [-0.1, -0.05) is 6.92 Å². The van der Waals surface area contributed by atoms with Gasteiger partial charge in [-0.05, 0) is 25.1 Å². The normalized spacial score (nSPS) is 22.9. The van der Waals surface area contributed by atoms with E-state index in [-0.39, 0.29) is 5.41 Å². The molecule has 0 saturated carbocycles. The lowest BCUT2D eigenvalue weighted by Crippen LogP contribution is -2.27. The quantitative estimate of drug-likeness (QED) is 0.901. The third-order valence-corrected chi connectivity index (χ3v) is 3.81. The second kappa shape index (κ2) is 4.42. The van der Waals surface area contributed by atoms with Crippen LogP contribution in [-0.4, -0.2) is 22.6 Å². The summed E-state index contributed by atoms with van der Waals surface area (Å²) in [5, 5.41) is 3.33. The molecule has 2 heterocycles. The Morgan fingerprint density at radius 1 is 1.32 bits per heavy atom. The molecule has 1 aliphatic heterocycles. The Bertz CT molecular complexity index is 600. The molecule has 1 N–H and O–H groups in total. The van der Waals surface area contributed by atoms with E-state index in [0.717, 1.165) is 31.3 Å². The van der Waals surface area contributed by atoms with Crippen LogP contribution in [0, 0.1) is 11.6 Å². The summed E-state index contributed by atoms with van der Waals surface area (Å²) >= 11 is 0. The van der Waals surface area contributed by atoms with Crippen molar-refractivity contribution in [3.05, 3.63) is 48.1 Å². The number of aromatic nitrogens is 2. The average Bonchev–Trinajstić information content (AvgIpc) is 3.02. The van der Waals surface area contributed by atoms with Gasteiger partial charge in [0.05, 0.1) is 6.33 Å². The van der Waals surface area contributed by atoms with Crippen LogP contribution in [0.4, 0.5) is 8.78 Å². The summed E-state index contributed by atoms with van der Waals surface area (Å²) < 4.78 is 28.2. The van der Waals surface area contributed by atoms with Crippen molar-refractivity contribution in [2.24, 2.45) is 0 Å². The fourth-order valence-corrected chi connectivity index (χ4v) is 2.62. The van der Waals surface area contributed by atoms with Gasteiger partial charge in [0.25, 0.3) is 0 Å². The zero-order valence-corrected chi connectivity index (χ0v) is 10.7. The van der Waals surface area contributed by atoms with Crippen LogP contribution in [0.2, 0.25) is 0 Å². The van der Waals surface area contributed by atoms with Gasteiger partial charge >= 0.3 is 0 Å². The largest absolute Gasteiger partial charge is 0.316 e. The predicted octanol–water partition coefficient (Wildman–Crippen LogP) is 2.40. The Kier molecular flexibility index (Phi) is 2.86. The van der Waals surface area contributed by atoms with E-state index in [9.17, 15) is 8.78 Å². The third kappa shape index (κ3) is 2.04. The van der Waals surface area contributed by atoms with Crippen molar-refractivity contribution < 1.29 is 8.78 Å². The summed E-state index contributed by atoms with van der Waals surface area (Å²) in [6.45, 7) is 3.97. The van der Waals surface area contributed by atoms with Gasteiger partial charge < -0.3 is 9.88 Å². The number of nitrogens with one attached hydrogen (secondary N) is 1. The Labute approximate surface area is 110 Å². The minimum atomic E-state index is -0.841. The summed E-state index contributed by atoms with van der Waals surface area (Å²) in [5.41, 5.74) is 1.59. The van der Waals surface area contributed by atoms with Crippen molar-refractivity contribution in [1.82, 2.24) is 14.9 Å². The molecule has 0 bridgehead atoms. The molecule has 3 nitrogen and oxygen atoms in total. The van der Waals surface area contributed by atoms with Gasteiger partial charge in [0, 0.05) is 35.6 Å². The highest BCUT2D eigenvalue weighted by molar-refractivity contribution is 5.37. The number of rotatable bonds is 2. The number of benzene rings is 1. The SMILES string of the molecule is CC1(c2cncn2-c2ccc(F)c(F)c2)CCNC1. The smallest absolute Gasteiger partial charge is 0.160 e. The lowest BCUT2D eigenvalue weighted by atomic mass is 9.86. The Morgan fingerprint density at radius 3 is 2.84 bits per heavy atom. The Hall–Kier alpha value is -1.75.